The lowest BCUT2D eigenvalue weighted by atomic mass is 10.0. The van der Waals surface area contributed by atoms with Crippen LogP contribution in [-0.4, -0.2) is 29.8 Å². The van der Waals surface area contributed by atoms with E-state index in [0.29, 0.717) is 42.6 Å². The van der Waals surface area contributed by atoms with Crippen LogP contribution in [0.1, 0.15) is 32.2 Å². The lowest BCUT2D eigenvalue weighted by molar-refractivity contribution is -0.158. The number of ether oxygens (including phenoxy) is 3. The molecule has 7 heteroatoms. The Morgan fingerprint density at radius 3 is 2.27 bits per heavy atom. The van der Waals surface area contributed by atoms with Gasteiger partial charge in [0.2, 0.25) is 5.89 Å². The maximum absolute atomic E-state index is 14.1. The molecule has 0 bridgehead atoms. The lowest BCUT2D eigenvalue weighted by Crippen LogP contribution is -2.39. The average molecular weight is 504 g/mol. The zero-order chi connectivity index (χ0) is 26.4. The molecule has 1 heterocycles. The molecule has 0 atom stereocenters. The van der Waals surface area contributed by atoms with Gasteiger partial charge in [0.1, 0.15) is 23.1 Å². The number of carbonyl (C=O) groups excluding carboxylic acids is 1. The fraction of sp³-hybridized carbons (Fsp3) is 0.267. The van der Waals surface area contributed by atoms with Gasteiger partial charge in [-0.2, -0.15) is 0 Å². The highest BCUT2D eigenvalue weighted by molar-refractivity contribution is 5.79. The molecule has 0 spiro atoms. The minimum Gasteiger partial charge on any atom is -0.493 e. The second kappa shape index (κ2) is 11.3. The first-order chi connectivity index (χ1) is 17.8. The van der Waals surface area contributed by atoms with Crippen LogP contribution in [0, 0.1) is 12.7 Å². The fourth-order valence-electron chi connectivity index (χ4n) is 3.78. The number of hydrogen-bond donors (Lipinski definition) is 0. The molecule has 0 amide bonds. The summed E-state index contributed by atoms with van der Waals surface area (Å²) < 4.78 is 36.6. The van der Waals surface area contributed by atoms with Gasteiger partial charge < -0.3 is 18.6 Å². The van der Waals surface area contributed by atoms with Crippen LogP contribution in [0.3, 0.4) is 0 Å². The number of carbonyl (C=O) groups is 1. The summed E-state index contributed by atoms with van der Waals surface area (Å²) in [6, 6.07) is 21.2. The van der Waals surface area contributed by atoms with Gasteiger partial charge in [0.15, 0.2) is 5.60 Å². The third-order valence-corrected chi connectivity index (χ3v) is 5.78. The average Bonchev–Trinajstić information content (AvgIpc) is 3.26. The molecule has 1 aromatic heterocycles. The van der Waals surface area contributed by atoms with Crippen LogP contribution in [0.4, 0.5) is 4.39 Å². The first-order valence-electron chi connectivity index (χ1n) is 12.2. The SMILES string of the molecule is CCOC(=O)C(C)(C)Oc1ccc(OCCc2nc(-c3ccc(-c4ccccc4F)cc3)oc2C)cc1. The van der Waals surface area contributed by atoms with E-state index >= 15 is 0 Å². The molecule has 0 N–H and O–H groups in total. The first-order valence-corrected chi connectivity index (χ1v) is 12.2. The molecule has 0 saturated carbocycles. The van der Waals surface area contributed by atoms with Gasteiger partial charge in [-0.15, -0.1) is 0 Å². The van der Waals surface area contributed by atoms with Crippen molar-refractivity contribution in [2.45, 2.75) is 39.7 Å². The monoisotopic (exact) mass is 503 g/mol. The second-order valence-electron chi connectivity index (χ2n) is 8.98. The molecule has 192 valence electrons. The Morgan fingerprint density at radius 1 is 0.946 bits per heavy atom. The molecular weight excluding hydrogens is 473 g/mol. The first kappa shape index (κ1) is 25.9. The Morgan fingerprint density at radius 2 is 1.59 bits per heavy atom. The van der Waals surface area contributed by atoms with Crippen LogP contribution in [0.2, 0.25) is 0 Å². The summed E-state index contributed by atoms with van der Waals surface area (Å²) in [5, 5.41) is 0. The van der Waals surface area contributed by atoms with Gasteiger partial charge in [0, 0.05) is 17.5 Å². The van der Waals surface area contributed by atoms with Crippen LogP contribution in [0.5, 0.6) is 11.5 Å². The number of halogens is 1. The van der Waals surface area contributed by atoms with Gasteiger partial charge in [-0.3, -0.25) is 0 Å². The van der Waals surface area contributed by atoms with E-state index in [9.17, 15) is 9.18 Å². The van der Waals surface area contributed by atoms with E-state index in [2.05, 4.69) is 4.98 Å². The summed E-state index contributed by atoms with van der Waals surface area (Å²) in [4.78, 5) is 16.7. The number of hydrogen-bond acceptors (Lipinski definition) is 6. The van der Waals surface area contributed by atoms with Crippen molar-refractivity contribution in [2.24, 2.45) is 0 Å². The summed E-state index contributed by atoms with van der Waals surface area (Å²) in [6.07, 6.45) is 0.566. The minimum atomic E-state index is -1.08. The molecular formula is C30H30FNO5. The Kier molecular flexibility index (Phi) is 7.92. The number of rotatable bonds is 10. The molecule has 0 unspecified atom stereocenters. The quantitative estimate of drug-likeness (QED) is 0.222. The Labute approximate surface area is 216 Å². The number of oxazole rings is 1. The van der Waals surface area contributed by atoms with E-state index < -0.39 is 11.6 Å². The van der Waals surface area contributed by atoms with Crippen molar-refractivity contribution in [2.75, 3.05) is 13.2 Å². The molecule has 0 fully saturated rings. The third kappa shape index (κ3) is 6.36. The maximum Gasteiger partial charge on any atom is 0.349 e. The minimum absolute atomic E-state index is 0.257. The van der Waals surface area contributed by atoms with Gasteiger partial charge in [0.05, 0.1) is 18.9 Å². The van der Waals surface area contributed by atoms with E-state index in [-0.39, 0.29) is 5.82 Å². The van der Waals surface area contributed by atoms with E-state index in [1.54, 1.807) is 57.2 Å². The van der Waals surface area contributed by atoms with Crippen molar-refractivity contribution >= 4 is 5.97 Å². The van der Waals surface area contributed by atoms with Gasteiger partial charge in [-0.1, -0.05) is 30.3 Å². The Bertz CT molecular complexity index is 1340. The molecule has 4 aromatic rings. The highest BCUT2D eigenvalue weighted by Gasteiger charge is 2.31. The largest absolute Gasteiger partial charge is 0.493 e. The molecule has 4 rings (SSSR count). The number of aryl methyl sites for hydroxylation is 1. The normalized spacial score (nSPS) is 11.3. The fourth-order valence-corrected chi connectivity index (χ4v) is 3.78. The standard InChI is InChI=1S/C30H30FNO5/c1-5-34-29(33)30(3,4)37-24-16-14-23(15-17-24)35-19-18-27-20(2)36-28(32-27)22-12-10-21(11-13-22)25-8-6-7-9-26(25)31/h6-17H,5,18-19H2,1-4H3. The Hall–Kier alpha value is -4.13. The van der Waals surface area contributed by atoms with E-state index in [0.717, 1.165) is 22.6 Å². The zero-order valence-corrected chi connectivity index (χ0v) is 21.4. The van der Waals surface area contributed by atoms with Crippen molar-refractivity contribution < 1.29 is 27.8 Å². The van der Waals surface area contributed by atoms with Crippen LogP contribution >= 0.6 is 0 Å². The lowest BCUT2D eigenvalue weighted by Gasteiger charge is -2.24. The highest BCUT2D eigenvalue weighted by atomic mass is 19.1. The van der Waals surface area contributed by atoms with Crippen LogP contribution < -0.4 is 9.47 Å². The predicted octanol–water partition coefficient (Wildman–Crippen LogP) is 6.80. The van der Waals surface area contributed by atoms with Crippen LogP contribution in [0.25, 0.3) is 22.6 Å². The molecule has 6 nitrogen and oxygen atoms in total. The summed E-state index contributed by atoms with van der Waals surface area (Å²) in [7, 11) is 0. The number of esters is 1. The third-order valence-electron chi connectivity index (χ3n) is 5.78. The molecule has 0 aliphatic heterocycles. The van der Waals surface area contributed by atoms with E-state index in [4.69, 9.17) is 18.6 Å². The number of nitrogens with zero attached hydrogens (tertiary/aromatic N) is 1. The van der Waals surface area contributed by atoms with Gasteiger partial charge >= 0.3 is 5.97 Å². The molecule has 0 radical (unpaired) electrons. The van der Waals surface area contributed by atoms with Crippen molar-refractivity contribution in [3.8, 4) is 34.1 Å². The van der Waals surface area contributed by atoms with E-state index in [1.807, 2.05) is 37.3 Å². The Balaban J connectivity index is 1.33. The van der Waals surface area contributed by atoms with Crippen LogP contribution in [0.15, 0.2) is 77.2 Å². The zero-order valence-electron chi connectivity index (χ0n) is 21.4. The highest BCUT2D eigenvalue weighted by Crippen LogP contribution is 2.28. The van der Waals surface area contributed by atoms with Crippen molar-refractivity contribution in [3.63, 3.8) is 0 Å². The van der Waals surface area contributed by atoms with Crippen molar-refractivity contribution in [3.05, 3.63) is 90.1 Å². The van der Waals surface area contributed by atoms with Gasteiger partial charge in [0.25, 0.3) is 0 Å². The van der Waals surface area contributed by atoms with Crippen molar-refractivity contribution in [1.29, 1.82) is 0 Å². The second-order valence-corrected chi connectivity index (χ2v) is 8.98. The smallest absolute Gasteiger partial charge is 0.349 e. The van der Waals surface area contributed by atoms with Crippen LogP contribution in [-0.2, 0) is 16.0 Å². The summed E-state index contributed by atoms with van der Waals surface area (Å²) in [6.45, 7) is 7.67. The van der Waals surface area contributed by atoms with Crippen molar-refractivity contribution in [1.82, 2.24) is 4.98 Å². The molecule has 37 heavy (non-hydrogen) atoms. The topological polar surface area (TPSA) is 70.8 Å². The summed E-state index contributed by atoms with van der Waals surface area (Å²) >= 11 is 0. The molecule has 0 aliphatic rings. The van der Waals surface area contributed by atoms with Gasteiger partial charge in [-0.25, -0.2) is 14.2 Å². The number of aromatic nitrogens is 1. The molecule has 0 saturated heterocycles. The summed E-state index contributed by atoms with van der Waals surface area (Å²) in [5.41, 5.74) is 1.89. The maximum atomic E-state index is 14.1. The molecule has 3 aromatic carbocycles. The van der Waals surface area contributed by atoms with E-state index in [1.165, 1.54) is 6.07 Å². The van der Waals surface area contributed by atoms with Gasteiger partial charge in [-0.05, 0) is 75.7 Å². The summed E-state index contributed by atoms with van der Waals surface area (Å²) in [5.74, 6) is 1.78. The molecule has 0 aliphatic carbocycles. The number of benzene rings is 3. The predicted molar refractivity (Wildman–Crippen MR) is 139 cm³/mol.